The molecule has 1 saturated carbocycles. The van der Waals surface area contributed by atoms with Crippen molar-refractivity contribution < 1.29 is 22.7 Å². The van der Waals surface area contributed by atoms with Crippen molar-refractivity contribution in [2.24, 2.45) is 0 Å². The highest BCUT2D eigenvalue weighted by Crippen LogP contribution is 2.48. The van der Waals surface area contributed by atoms with Crippen LogP contribution in [0, 0.1) is 5.82 Å². The second kappa shape index (κ2) is 9.10. The molecule has 0 radical (unpaired) electrons. The minimum absolute atomic E-state index is 0.0563. The Morgan fingerprint density at radius 1 is 1.15 bits per heavy atom. The number of halogens is 4. The monoisotopic (exact) mass is 557 g/mol. The number of rotatable bonds is 6. The Bertz CT molecular complexity index is 1690. The van der Waals surface area contributed by atoms with Gasteiger partial charge in [0.2, 0.25) is 5.95 Å². The standard InChI is InChI=1S/C27H27F4N7O2/c1-25(2)18-4-3-16(11-15(18)7-10-33-25)34-24-32-12-17-22(36-24)38(37(23(17)40)13-27(29,30)31)20-6-5-19(28)21(35-20)26(14-39)8-9-26/h3-6,11-12,33,39H,7-10,13-14H2,1-2H3,(H,32,34,36). The highest BCUT2D eigenvalue weighted by atomic mass is 19.4. The van der Waals surface area contributed by atoms with E-state index in [1.807, 2.05) is 18.2 Å². The molecular formula is C27H27F4N7O2. The van der Waals surface area contributed by atoms with Gasteiger partial charge in [-0.15, -0.1) is 0 Å². The van der Waals surface area contributed by atoms with E-state index in [9.17, 15) is 27.5 Å². The maximum absolute atomic E-state index is 14.7. The van der Waals surface area contributed by atoms with Crippen LogP contribution in [0.4, 0.5) is 29.2 Å². The number of hydrogen-bond donors (Lipinski definition) is 3. The van der Waals surface area contributed by atoms with Gasteiger partial charge in [0, 0.05) is 22.8 Å². The van der Waals surface area contributed by atoms with Crippen molar-refractivity contribution in [3.05, 3.63) is 69.5 Å². The summed E-state index contributed by atoms with van der Waals surface area (Å²) in [5.41, 5.74) is 0.773. The Hall–Kier alpha value is -3.84. The van der Waals surface area contributed by atoms with E-state index in [-0.39, 0.29) is 40.6 Å². The summed E-state index contributed by atoms with van der Waals surface area (Å²) >= 11 is 0. The maximum Gasteiger partial charge on any atom is 0.408 e. The number of anilines is 2. The van der Waals surface area contributed by atoms with Crippen molar-refractivity contribution in [2.45, 2.75) is 56.8 Å². The summed E-state index contributed by atoms with van der Waals surface area (Å²) in [5, 5.41) is 16.2. The molecule has 6 rings (SSSR count). The number of alkyl halides is 3. The van der Waals surface area contributed by atoms with E-state index in [2.05, 4.69) is 39.4 Å². The van der Waals surface area contributed by atoms with E-state index < -0.39 is 29.5 Å². The Labute approximate surface area is 225 Å². The summed E-state index contributed by atoms with van der Waals surface area (Å²) < 4.78 is 56.8. The molecule has 0 amide bonds. The molecule has 3 aromatic heterocycles. The van der Waals surface area contributed by atoms with Gasteiger partial charge in [-0.2, -0.15) is 18.2 Å². The van der Waals surface area contributed by atoms with Crippen LogP contribution in [0.1, 0.15) is 43.5 Å². The first kappa shape index (κ1) is 26.4. The second-order valence-corrected chi connectivity index (χ2v) is 11.0. The van der Waals surface area contributed by atoms with Crippen molar-refractivity contribution >= 4 is 22.7 Å². The molecule has 1 aliphatic carbocycles. The zero-order valence-corrected chi connectivity index (χ0v) is 21.8. The number of hydrogen-bond acceptors (Lipinski definition) is 7. The Balaban J connectivity index is 1.47. The summed E-state index contributed by atoms with van der Waals surface area (Å²) in [6, 6.07) is 8.10. The van der Waals surface area contributed by atoms with Gasteiger partial charge in [0.05, 0.1) is 12.3 Å². The number of aliphatic hydroxyl groups is 1. The smallest absolute Gasteiger partial charge is 0.395 e. The number of benzene rings is 1. The van der Waals surface area contributed by atoms with Gasteiger partial charge in [-0.25, -0.2) is 23.7 Å². The van der Waals surface area contributed by atoms with E-state index in [0.29, 0.717) is 23.2 Å². The van der Waals surface area contributed by atoms with Gasteiger partial charge in [0.25, 0.3) is 5.56 Å². The van der Waals surface area contributed by atoms with E-state index in [0.717, 1.165) is 34.8 Å². The highest BCUT2D eigenvalue weighted by molar-refractivity contribution is 5.77. The van der Waals surface area contributed by atoms with Gasteiger partial charge in [0.15, 0.2) is 11.5 Å². The summed E-state index contributed by atoms with van der Waals surface area (Å²) in [6.07, 6.45) is -1.77. The quantitative estimate of drug-likeness (QED) is 0.309. The molecule has 40 heavy (non-hydrogen) atoms. The zero-order chi connectivity index (χ0) is 28.4. The van der Waals surface area contributed by atoms with Gasteiger partial charge in [-0.3, -0.25) is 4.79 Å². The fourth-order valence-corrected chi connectivity index (χ4v) is 5.40. The van der Waals surface area contributed by atoms with Gasteiger partial charge in [-0.05, 0) is 75.0 Å². The number of aromatic nitrogens is 5. The number of fused-ring (bicyclic) bond motifs is 2. The number of aliphatic hydroxyl groups excluding tert-OH is 1. The van der Waals surface area contributed by atoms with Crippen molar-refractivity contribution in [3.63, 3.8) is 0 Å². The molecule has 1 fully saturated rings. The Morgan fingerprint density at radius 3 is 2.62 bits per heavy atom. The number of nitrogens with zero attached hydrogens (tertiary/aromatic N) is 5. The van der Waals surface area contributed by atoms with E-state index in [1.165, 1.54) is 12.3 Å². The molecule has 3 N–H and O–H groups in total. The van der Waals surface area contributed by atoms with E-state index in [4.69, 9.17) is 0 Å². The first-order chi connectivity index (χ1) is 18.9. The fraction of sp³-hybridized carbons (Fsp3) is 0.407. The van der Waals surface area contributed by atoms with Crippen LogP contribution in [-0.2, 0) is 23.9 Å². The maximum atomic E-state index is 14.7. The molecule has 2 aliphatic rings. The number of pyridine rings is 1. The third kappa shape index (κ3) is 4.52. The lowest BCUT2D eigenvalue weighted by molar-refractivity contribution is -0.144. The molecule has 0 unspecified atom stereocenters. The topological polar surface area (TPSA) is 110 Å². The molecule has 9 nitrogen and oxygen atoms in total. The van der Waals surface area contributed by atoms with E-state index >= 15 is 0 Å². The molecule has 0 saturated heterocycles. The molecule has 0 bridgehead atoms. The lowest BCUT2D eigenvalue weighted by Gasteiger charge is -2.34. The van der Waals surface area contributed by atoms with Gasteiger partial charge < -0.3 is 15.7 Å². The summed E-state index contributed by atoms with van der Waals surface area (Å²) in [4.78, 5) is 26.0. The van der Waals surface area contributed by atoms with Crippen molar-refractivity contribution in [1.82, 2.24) is 29.6 Å². The molecule has 0 atom stereocenters. The van der Waals surface area contributed by atoms with Crippen LogP contribution in [0.5, 0.6) is 0 Å². The van der Waals surface area contributed by atoms with Gasteiger partial charge in [0.1, 0.15) is 17.7 Å². The summed E-state index contributed by atoms with van der Waals surface area (Å²) in [6.45, 7) is 3.04. The fourth-order valence-electron chi connectivity index (χ4n) is 5.40. The van der Waals surface area contributed by atoms with Crippen LogP contribution < -0.4 is 16.2 Å². The minimum Gasteiger partial charge on any atom is -0.395 e. The summed E-state index contributed by atoms with van der Waals surface area (Å²) in [7, 11) is 0. The first-order valence-corrected chi connectivity index (χ1v) is 12.9. The molecular weight excluding hydrogens is 530 g/mol. The highest BCUT2D eigenvalue weighted by Gasteiger charge is 2.47. The van der Waals surface area contributed by atoms with Gasteiger partial charge in [-0.1, -0.05) is 6.07 Å². The molecule has 4 heterocycles. The third-order valence-electron chi connectivity index (χ3n) is 7.71. The second-order valence-electron chi connectivity index (χ2n) is 11.0. The van der Waals surface area contributed by atoms with Crippen molar-refractivity contribution in [2.75, 3.05) is 18.5 Å². The van der Waals surface area contributed by atoms with Crippen LogP contribution in [0.2, 0.25) is 0 Å². The predicted molar refractivity (Wildman–Crippen MR) is 139 cm³/mol. The zero-order valence-electron chi connectivity index (χ0n) is 21.8. The SMILES string of the molecule is CC1(C)NCCc2cc(Nc3ncc4c(=O)n(CC(F)(F)F)n(-c5ccc(F)c(C6(CO)CC6)n5)c4n3)ccc21. The number of nitrogens with one attached hydrogen (secondary N) is 2. The summed E-state index contributed by atoms with van der Waals surface area (Å²) in [5.74, 6) is -0.741. The van der Waals surface area contributed by atoms with Crippen molar-refractivity contribution in [3.8, 4) is 5.82 Å². The normalized spacial score (nSPS) is 17.6. The Kier molecular flexibility index (Phi) is 6.00. The van der Waals surface area contributed by atoms with Crippen LogP contribution in [0.3, 0.4) is 0 Å². The molecule has 1 aromatic carbocycles. The molecule has 210 valence electrons. The molecule has 13 heteroatoms. The predicted octanol–water partition coefficient (Wildman–Crippen LogP) is 3.83. The van der Waals surface area contributed by atoms with Gasteiger partial charge >= 0.3 is 6.18 Å². The molecule has 1 aliphatic heterocycles. The lowest BCUT2D eigenvalue weighted by atomic mass is 9.85. The average molecular weight is 558 g/mol. The lowest BCUT2D eigenvalue weighted by Crippen LogP contribution is -2.42. The largest absolute Gasteiger partial charge is 0.408 e. The van der Waals surface area contributed by atoms with Crippen LogP contribution in [-0.4, -0.2) is 48.8 Å². The minimum atomic E-state index is -4.73. The third-order valence-corrected chi connectivity index (χ3v) is 7.71. The first-order valence-electron chi connectivity index (χ1n) is 12.9. The Morgan fingerprint density at radius 2 is 1.93 bits per heavy atom. The van der Waals surface area contributed by atoms with Crippen LogP contribution >= 0.6 is 0 Å². The average Bonchev–Trinajstić information content (AvgIpc) is 3.64. The molecule has 4 aromatic rings. The van der Waals surface area contributed by atoms with Crippen molar-refractivity contribution in [1.29, 1.82) is 0 Å². The van der Waals surface area contributed by atoms with Crippen LogP contribution in [0.15, 0.2) is 41.3 Å². The molecule has 0 spiro atoms. The van der Waals surface area contributed by atoms with Crippen LogP contribution in [0.25, 0.3) is 16.9 Å². The van der Waals surface area contributed by atoms with E-state index in [1.54, 1.807) is 0 Å².